The maximum atomic E-state index is 5.70. The van der Waals surface area contributed by atoms with Crippen molar-refractivity contribution >= 4 is 0 Å². The number of hydrogen-bond donors (Lipinski definition) is 0. The van der Waals surface area contributed by atoms with Crippen molar-refractivity contribution in [2.24, 2.45) is 0 Å². The normalized spacial score (nSPS) is 25.3. The number of hydrogen-bond acceptors (Lipinski definition) is 4. The zero-order valence-electron chi connectivity index (χ0n) is 10.2. The number of unbranched alkanes of at least 4 members (excludes halogenated alkanes) is 1. The van der Waals surface area contributed by atoms with Crippen LogP contribution in [-0.4, -0.2) is 57.3 Å². The van der Waals surface area contributed by atoms with Crippen LogP contribution in [0.2, 0.25) is 0 Å². The molecule has 2 aliphatic heterocycles. The van der Waals surface area contributed by atoms with Gasteiger partial charge in [0.1, 0.15) is 0 Å². The van der Waals surface area contributed by atoms with E-state index in [1.165, 1.54) is 13.0 Å². The van der Waals surface area contributed by atoms with E-state index in [0.717, 1.165) is 52.2 Å². The van der Waals surface area contributed by atoms with Gasteiger partial charge in [0.15, 0.2) is 5.79 Å². The van der Waals surface area contributed by atoms with E-state index in [1.807, 2.05) is 0 Å². The Morgan fingerprint density at radius 2 is 1.81 bits per heavy atom. The molecule has 4 nitrogen and oxygen atoms in total. The lowest BCUT2D eigenvalue weighted by Crippen LogP contribution is -2.45. The first-order valence-corrected chi connectivity index (χ1v) is 6.34. The van der Waals surface area contributed by atoms with E-state index < -0.39 is 0 Å². The molecule has 0 radical (unpaired) electrons. The smallest absolute Gasteiger partial charge is 0.170 e. The second-order valence-corrected chi connectivity index (χ2v) is 4.65. The van der Waals surface area contributed by atoms with Crippen LogP contribution in [0.1, 0.15) is 25.7 Å². The summed E-state index contributed by atoms with van der Waals surface area (Å²) < 4.78 is 16.5. The third-order valence-corrected chi connectivity index (χ3v) is 3.50. The molecular formula is C12H23NO3. The molecule has 0 aromatic heterocycles. The van der Waals surface area contributed by atoms with Crippen molar-refractivity contribution in [1.29, 1.82) is 0 Å². The summed E-state index contributed by atoms with van der Waals surface area (Å²) in [7, 11) is 1.76. The first kappa shape index (κ1) is 12.3. The van der Waals surface area contributed by atoms with Gasteiger partial charge in [0.2, 0.25) is 0 Å². The average Bonchev–Trinajstić information content (AvgIpc) is 2.76. The van der Waals surface area contributed by atoms with E-state index in [1.54, 1.807) is 7.11 Å². The van der Waals surface area contributed by atoms with Crippen LogP contribution in [0.5, 0.6) is 0 Å². The highest BCUT2D eigenvalue weighted by molar-refractivity contribution is 4.82. The third-order valence-electron chi connectivity index (χ3n) is 3.50. The Kier molecular flexibility index (Phi) is 4.58. The molecular weight excluding hydrogens is 206 g/mol. The molecule has 0 aromatic carbocycles. The van der Waals surface area contributed by atoms with Crippen molar-refractivity contribution in [3.05, 3.63) is 0 Å². The van der Waals surface area contributed by atoms with Crippen LogP contribution in [0.4, 0.5) is 0 Å². The molecule has 0 saturated carbocycles. The summed E-state index contributed by atoms with van der Waals surface area (Å²) in [5, 5.41) is 0. The van der Waals surface area contributed by atoms with Crippen LogP contribution in [0.15, 0.2) is 0 Å². The molecule has 16 heavy (non-hydrogen) atoms. The van der Waals surface area contributed by atoms with Gasteiger partial charge >= 0.3 is 0 Å². The number of rotatable bonds is 5. The molecule has 2 heterocycles. The van der Waals surface area contributed by atoms with E-state index in [4.69, 9.17) is 14.2 Å². The van der Waals surface area contributed by atoms with Gasteiger partial charge in [0, 0.05) is 39.6 Å². The Morgan fingerprint density at radius 3 is 2.44 bits per heavy atom. The van der Waals surface area contributed by atoms with Gasteiger partial charge in [-0.3, -0.25) is 0 Å². The van der Waals surface area contributed by atoms with Crippen molar-refractivity contribution in [3.63, 3.8) is 0 Å². The van der Waals surface area contributed by atoms with Crippen LogP contribution in [0.3, 0.4) is 0 Å². The minimum atomic E-state index is -0.219. The summed E-state index contributed by atoms with van der Waals surface area (Å²) in [6.07, 6.45) is 4.43. The first-order valence-electron chi connectivity index (χ1n) is 6.34. The molecule has 1 spiro atoms. The first-order chi connectivity index (χ1) is 7.85. The Labute approximate surface area is 97.8 Å². The molecule has 0 aliphatic carbocycles. The number of likely N-dealkylation sites (tertiary alicyclic amines) is 1. The van der Waals surface area contributed by atoms with Crippen LogP contribution in [0, 0.1) is 0 Å². The SMILES string of the molecule is COCCCCN1CCC2(CC1)OCCO2. The van der Waals surface area contributed by atoms with E-state index in [9.17, 15) is 0 Å². The number of methoxy groups -OCH3 is 1. The minimum Gasteiger partial charge on any atom is -0.385 e. The molecule has 0 aromatic rings. The van der Waals surface area contributed by atoms with Gasteiger partial charge in [0.25, 0.3) is 0 Å². The van der Waals surface area contributed by atoms with Crippen LogP contribution >= 0.6 is 0 Å². The van der Waals surface area contributed by atoms with Gasteiger partial charge in [-0.1, -0.05) is 0 Å². The Balaban J connectivity index is 1.61. The molecule has 0 atom stereocenters. The topological polar surface area (TPSA) is 30.9 Å². The molecule has 2 rings (SSSR count). The average molecular weight is 229 g/mol. The summed E-state index contributed by atoms with van der Waals surface area (Å²) >= 11 is 0. The number of ether oxygens (including phenoxy) is 3. The highest BCUT2D eigenvalue weighted by Crippen LogP contribution is 2.31. The number of piperidine rings is 1. The third kappa shape index (κ3) is 3.17. The maximum Gasteiger partial charge on any atom is 0.170 e. The zero-order valence-corrected chi connectivity index (χ0v) is 10.2. The van der Waals surface area contributed by atoms with Gasteiger partial charge in [-0.25, -0.2) is 0 Å². The van der Waals surface area contributed by atoms with Gasteiger partial charge in [0.05, 0.1) is 13.2 Å². The quantitative estimate of drug-likeness (QED) is 0.664. The lowest BCUT2D eigenvalue weighted by atomic mass is 10.0. The summed E-state index contributed by atoms with van der Waals surface area (Å²) in [4.78, 5) is 2.51. The highest BCUT2D eigenvalue weighted by Gasteiger charge is 2.39. The molecule has 0 amide bonds. The van der Waals surface area contributed by atoms with Crippen molar-refractivity contribution in [3.8, 4) is 0 Å². The second-order valence-electron chi connectivity index (χ2n) is 4.65. The monoisotopic (exact) mass is 229 g/mol. The summed E-state index contributed by atoms with van der Waals surface area (Å²) in [5.41, 5.74) is 0. The van der Waals surface area contributed by atoms with Gasteiger partial charge in [-0.2, -0.15) is 0 Å². The lowest BCUT2D eigenvalue weighted by molar-refractivity contribution is -0.185. The summed E-state index contributed by atoms with van der Waals surface area (Å²) in [6.45, 7) is 5.81. The molecule has 0 N–H and O–H groups in total. The van der Waals surface area contributed by atoms with E-state index in [-0.39, 0.29) is 5.79 Å². The highest BCUT2D eigenvalue weighted by atomic mass is 16.7. The Bertz CT molecular complexity index is 194. The molecule has 0 unspecified atom stereocenters. The van der Waals surface area contributed by atoms with E-state index in [2.05, 4.69) is 4.90 Å². The Hall–Kier alpha value is -0.160. The molecule has 0 bridgehead atoms. The Morgan fingerprint density at radius 1 is 1.12 bits per heavy atom. The lowest BCUT2D eigenvalue weighted by Gasteiger charge is -2.37. The summed E-state index contributed by atoms with van der Waals surface area (Å²) in [6, 6.07) is 0. The van der Waals surface area contributed by atoms with Gasteiger partial charge in [-0.05, 0) is 19.4 Å². The fourth-order valence-corrected chi connectivity index (χ4v) is 2.48. The fourth-order valence-electron chi connectivity index (χ4n) is 2.48. The van der Waals surface area contributed by atoms with E-state index >= 15 is 0 Å². The maximum absolute atomic E-state index is 5.70. The minimum absolute atomic E-state index is 0.219. The van der Waals surface area contributed by atoms with Crippen molar-refractivity contribution in [2.45, 2.75) is 31.5 Å². The van der Waals surface area contributed by atoms with Crippen molar-refractivity contribution in [2.75, 3.05) is 46.6 Å². The van der Waals surface area contributed by atoms with Gasteiger partial charge in [-0.15, -0.1) is 0 Å². The predicted molar refractivity (Wildman–Crippen MR) is 61.4 cm³/mol. The van der Waals surface area contributed by atoms with E-state index in [0.29, 0.717) is 0 Å². The summed E-state index contributed by atoms with van der Waals surface area (Å²) in [5.74, 6) is -0.219. The van der Waals surface area contributed by atoms with Crippen molar-refractivity contribution in [1.82, 2.24) is 4.90 Å². The molecule has 2 fully saturated rings. The second kappa shape index (κ2) is 5.96. The molecule has 2 saturated heterocycles. The van der Waals surface area contributed by atoms with Crippen molar-refractivity contribution < 1.29 is 14.2 Å². The standard InChI is InChI=1S/C12H23NO3/c1-14-9-3-2-6-13-7-4-12(5-8-13)15-10-11-16-12/h2-11H2,1H3. The van der Waals surface area contributed by atoms with Gasteiger partial charge < -0.3 is 19.1 Å². The van der Waals surface area contributed by atoms with Crippen LogP contribution < -0.4 is 0 Å². The molecule has 4 heteroatoms. The fraction of sp³-hybridized carbons (Fsp3) is 1.00. The predicted octanol–water partition coefficient (Wildman–Crippen LogP) is 1.25. The van der Waals surface area contributed by atoms with Crippen LogP contribution in [0.25, 0.3) is 0 Å². The molecule has 94 valence electrons. The largest absolute Gasteiger partial charge is 0.385 e. The number of nitrogens with zero attached hydrogens (tertiary/aromatic N) is 1. The zero-order chi connectivity index (χ0) is 11.3. The molecule has 2 aliphatic rings. The van der Waals surface area contributed by atoms with Crippen LogP contribution in [-0.2, 0) is 14.2 Å².